The van der Waals surface area contributed by atoms with Crippen molar-refractivity contribution in [3.63, 3.8) is 0 Å². The summed E-state index contributed by atoms with van der Waals surface area (Å²) in [5.41, 5.74) is 16.4. The predicted molar refractivity (Wildman–Crippen MR) is 241 cm³/mol. The maximum atomic E-state index is 2.50. The third-order valence-corrected chi connectivity index (χ3v) is 13.4. The van der Waals surface area contributed by atoms with E-state index < -0.39 is 0 Å². The molecule has 0 fully saturated rings. The van der Waals surface area contributed by atoms with Gasteiger partial charge in [-0.25, -0.2) is 0 Å². The average molecular weight is 720 g/mol. The van der Waals surface area contributed by atoms with Crippen molar-refractivity contribution in [1.29, 1.82) is 0 Å². The molecule has 0 aliphatic carbocycles. The summed E-state index contributed by atoms with van der Waals surface area (Å²) in [5, 5.41) is 15.6. The first-order valence-corrected chi connectivity index (χ1v) is 19.9. The Labute approximate surface area is 324 Å². The Bertz CT molecular complexity index is 4130. The molecule has 0 aliphatic heterocycles. The minimum absolute atomic E-state index is 1.24. The van der Waals surface area contributed by atoms with Gasteiger partial charge in [-0.3, -0.25) is 0 Å². The first-order chi connectivity index (χ1) is 28.3. The number of nitrogens with zero attached hydrogens (tertiary/aromatic N) is 3. The van der Waals surface area contributed by atoms with Crippen molar-refractivity contribution in [1.82, 2.24) is 13.2 Å². The topological polar surface area (TPSA) is 13.2 Å². The lowest BCUT2D eigenvalue weighted by Gasteiger charge is -2.07. The second-order valence-electron chi connectivity index (χ2n) is 16.1. The molecule has 0 radical (unpaired) electrons. The normalized spacial score (nSPS) is 12.9. The van der Waals surface area contributed by atoms with Crippen molar-refractivity contribution >= 4 is 114 Å². The molecular formula is C54H29N3. The number of para-hydroxylation sites is 5. The summed E-state index contributed by atoms with van der Waals surface area (Å²) in [4.78, 5) is 0. The van der Waals surface area contributed by atoms with E-state index in [0.717, 1.165) is 0 Å². The van der Waals surface area contributed by atoms with Crippen LogP contribution in [0.25, 0.3) is 137 Å². The van der Waals surface area contributed by atoms with Crippen LogP contribution in [0.4, 0.5) is 0 Å². The zero-order valence-corrected chi connectivity index (χ0v) is 30.6. The number of hydrogen-bond donors (Lipinski definition) is 0. The minimum Gasteiger partial charge on any atom is -0.308 e. The molecule has 0 atom stereocenters. The van der Waals surface area contributed by atoms with Crippen molar-refractivity contribution in [3.05, 3.63) is 176 Å². The molecule has 0 amide bonds. The molecule has 9 aromatic carbocycles. The highest BCUT2D eigenvalue weighted by molar-refractivity contribution is 6.27. The number of fused-ring (bicyclic) bond motifs is 18. The predicted octanol–water partition coefficient (Wildman–Crippen LogP) is 14.5. The van der Waals surface area contributed by atoms with Crippen LogP contribution in [0.1, 0.15) is 0 Å². The van der Waals surface area contributed by atoms with Gasteiger partial charge in [-0.1, -0.05) is 103 Å². The van der Waals surface area contributed by atoms with Crippen molar-refractivity contribution in [2.45, 2.75) is 0 Å². The summed E-state index contributed by atoms with van der Waals surface area (Å²) in [6.45, 7) is 0. The van der Waals surface area contributed by atoms with Crippen LogP contribution in [-0.4, -0.2) is 13.2 Å². The molecule has 57 heavy (non-hydrogen) atoms. The maximum Gasteiger partial charge on any atom is 0.0620 e. The zero-order valence-electron chi connectivity index (χ0n) is 30.6. The second-order valence-corrected chi connectivity index (χ2v) is 16.1. The Morgan fingerprint density at radius 1 is 0.193 bits per heavy atom. The van der Waals surface area contributed by atoms with Gasteiger partial charge < -0.3 is 13.2 Å². The van der Waals surface area contributed by atoms with Gasteiger partial charge >= 0.3 is 0 Å². The molecule has 260 valence electrons. The molecule has 0 saturated heterocycles. The highest BCUT2D eigenvalue weighted by atomic mass is 14.9. The molecule has 0 unspecified atom stereocenters. The van der Waals surface area contributed by atoms with Gasteiger partial charge in [0.2, 0.25) is 0 Å². The molecule has 0 N–H and O–H groups in total. The van der Waals surface area contributed by atoms with E-state index in [9.17, 15) is 0 Å². The first kappa shape index (κ1) is 28.8. The van der Waals surface area contributed by atoms with Gasteiger partial charge in [0.15, 0.2) is 0 Å². The molecule has 0 aliphatic rings. The van der Waals surface area contributed by atoms with Gasteiger partial charge in [0, 0.05) is 64.6 Å². The van der Waals surface area contributed by atoms with Gasteiger partial charge in [0.1, 0.15) is 0 Å². The second kappa shape index (κ2) is 9.78. The third kappa shape index (κ3) is 3.35. The Hall–Kier alpha value is -7.62. The Morgan fingerprint density at radius 2 is 0.474 bits per heavy atom. The third-order valence-electron chi connectivity index (χ3n) is 13.4. The summed E-state index contributed by atoms with van der Waals surface area (Å²) in [6.07, 6.45) is 0. The molecule has 3 nitrogen and oxygen atoms in total. The van der Waals surface area contributed by atoms with E-state index >= 15 is 0 Å². The lowest BCUT2D eigenvalue weighted by molar-refractivity contribution is 1.37. The maximum absolute atomic E-state index is 2.50. The summed E-state index contributed by atoms with van der Waals surface area (Å²) in [5.74, 6) is 0. The largest absolute Gasteiger partial charge is 0.308 e. The van der Waals surface area contributed by atoms with Gasteiger partial charge in [-0.2, -0.15) is 0 Å². The summed E-state index contributed by atoms with van der Waals surface area (Å²) in [7, 11) is 0. The summed E-state index contributed by atoms with van der Waals surface area (Å²) < 4.78 is 7.42. The number of hydrogen-bond acceptors (Lipinski definition) is 0. The minimum atomic E-state index is 1.24. The van der Waals surface area contributed by atoms with Gasteiger partial charge in [0.05, 0.1) is 49.7 Å². The highest BCUT2D eigenvalue weighted by Gasteiger charge is 2.23. The molecule has 0 spiro atoms. The summed E-state index contributed by atoms with van der Waals surface area (Å²) >= 11 is 0. The quantitative estimate of drug-likeness (QED) is 0.169. The van der Waals surface area contributed by atoms with Crippen LogP contribution in [-0.2, 0) is 0 Å². The smallest absolute Gasteiger partial charge is 0.0620 e. The van der Waals surface area contributed by atoms with Crippen LogP contribution >= 0.6 is 0 Å². The van der Waals surface area contributed by atoms with E-state index in [-0.39, 0.29) is 0 Å². The van der Waals surface area contributed by atoms with Crippen molar-refractivity contribution in [2.75, 3.05) is 0 Å². The van der Waals surface area contributed by atoms with Crippen molar-refractivity contribution < 1.29 is 0 Å². The van der Waals surface area contributed by atoms with E-state index in [1.165, 1.54) is 137 Å². The van der Waals surface area contributed by atoms with Crippen molar-refractivity contribution in [2.24, 2.45) is 0 Å². The molecule has 0 bridgehead atoms. The molecule has 15 rings (SSSR count). The SMILES string of the molecule is c1ccc2c(c1)c1cccc3c4cc(-c5cc6c7ccccc7n7c8ccc(-c9cc%10c%11ccccc%11n%11c%12ccccc%12c(c9)c%10%11)cc8c(c5)c67)ccc4n2c13. The molecule has 6 heterocycles. The monoisotopic (exact) mass is 719 g/mol. The number of benzene rings is 9. The fraction of sp³-hybridized carbons (Fsp3) is 0. The molecule has 15 aromatic rings. The van der Waals surface area contributed by atoms with Gasteiger partial charge in [0.25, 0.3) is 0 Å². The molecule has 6 aromatic heterocycles. The van der Waals surface area contributed by atoms with E-state index in [2.05, 4.69) is 189 Å². The Kier molecular flexibility index (Phi) is 4.94. The van der Waals surface area contributed by atoms with E-state index in [1.54, 1.807) is 0 Å². The van der Waals surface area contributed by atoms with Crippen LogP contribution in [0.3, 0.4) is 0 Å². The first-order valence-electron chi connectivity index (χ1n) is 19.9. The van der Waals surface area contributed by atoms with Crippen LogP contribution < -0.4 is 0 Å². The lowest BCUT2D eigenvalue weighted by Crippen LogP contribution is -1.83. The van der Waals surface area contributed by atoms with E-state index in [4.69, 9.17) is 0 Å². The number of rotatable bonds is 2. The zero-order chi connectivity index (χ0) is 36.7. The number of aromatic nitrogens is 3. The van der Waals surface area contributed by atoms with E-state index in [0.29, 0.717) is 0 Å². The lowest BCUT2D eigenvalue weighted by atomic mass is 9.96. The van der Waals surface area contributed by atoms with Gasteiger partial charge in [-0.15, -0.1) is 0 Å². The fourth-order valence-corrected chi connectivity index (χ4v) is 11.1. The van der Waals surface area contributed by atoms with Crippen LogP contribution in [0.15, 0.2) is 176 Å². The average Bonchev–Trinajstić information content (AvgIpc) is 4.10. The Balaban J connectivity index is 1.01. The van der Waals surface area contributed by atoms with Crippen LogP contribution in [0, 0.1) is 0 Å². The highest BCUT2D eigenvalue weighted by Crippen LogP contribution is 2.46. The van der Waals surface area contributed by atoms with Crippen LogP contribution in [0.2, 0.25) is 0 Å². The Morgan fingerprint density at radius 3 is 0.912 bits per heavy atom. The van der Waals surface area contributed by atoms with Crippen molar-refractivity contribution in [3.8, 4) is 22.3 Å². The standard InChI is InChI=1S/C54H29N3/c1-5-16-46-34(10-1)38-14-9-15-39-40-24-30(20-22-50(40)56(46)52(38)39)33-28-44-37-13-4-8-19-49(37)57-51-23-21-31(25-41(51)45(29-33)54(44)57)32-26-42-35-11-2-6-17-47(35)55-48-18-7-3-12-36(48)43(27-32)53(42)55/h1-29H. The summed E-state index contributed by atoms with van der Waals surface area (Å²) in [6, 6.07) is 66.2. The van der Waals surface area contributed by atoms with Gasteiger partial charge in [-0.05, 0) is 95.1 Å². The molecular weight excluding hydrogens is 691 g/mol. The molecule has 3 heteroatoms. The van der Waals surface area contributed by atoms with E-state index in [1.807, 2.05) is 0 Å². The fourth-order valence-electron chi connectivity index (χ4n) is 11.1. The molecule has 0 saturated carbocycles. The van der Waals surface area contributed by atoms with Crippen LogP contribution in [0.5, 0.6) is 0 Å².